The molecule has 0 aliphatic carbocycles. The van der Waals surface area contributed by atoms with Gasteiger partial charge >= 0.3 is 0 Å². The highest BCUT2D eigenvalue weighted by Gasteiger charge is 2.23. The first-order chi connectivity index (χ1) is 12.6. The molecule has 134 valence electrons. The predicted octanol–water partition coefficient (Wildman–Crippen LogP) is 2.75. The molecule has 7 nitrogen and oxygen atoms in total. The summed E-state index contributed by atoms with van der Waals surface area (Å²) in [7, 11) is 0. The molecule has 0 amide bonds. The Balaban J connectivity index is 1.49. The van der Waals surface area contributed by atoms with Gasteiger partial charge in [0, 0.05) is 30.1 Å². The summed E-state index contributed by atoms with van der Waals surface area (Å²) in [5.74, 6) is 1.04. The number of H-pyrrole nitrogens is 1. The van der Waals surface area contributed by atoms with Crippen LogP contribution in [-0.4, -0.2) is 37.8 Å². The fraction of sp³-hybridized carbons (Fsp3) is 0.294. The number of nitrogens with one attached hydrogen (secondary N) is 1. The summed E-state index contributed by atoms with van der Waals surface area (Å²) in [6.45, 7) is 1.80. The lowest BCUT2D eigenvalue weighted by molar-refractivity contribution is 0.207. The SMILES string of the molecule is CSc1nc2c(c(=O)[nH]1)CN(Cc1nc(-c3ccc(Cl)cc3)no1)CC2. The Labute approximate surface area is 158 Å². The minimum atomic E-state index is -0.0727. The van der Waals surface area contributed by atoms with E-state index in [-0.39, 0.29) is 5.56 Å². The third kappa shape index (κ3) is 3.53. The van der Waals surface area contributed by atoms with Gasteiger partial charge in [0.2, 0.25) is 11.7 Å². The van der Waals surface area contributed by atoms with Gasteiger partial charge < -0.3 is 9.51 Å². The number of rotatable bonds is 4. The van der Waals surface area contributed by atoms with Crippen LogP contribution in [0.1, 0.15) is 17.1 Å². The quantitative estimate of drug-likeness (QED) is 0.542. The van der Waals surface area contributed by atoms with Crippen molar-refractivity contribution in [2.24, 2.45) is 0 Å². The molecule has 1 aliphatic rings. The molecule has 9 heteroatoms. The lowest BCUT2D eigenvalue weighted by Gasteiger charge is -2.26. The number of hydrogen-bond donors (Lipinski definition) is 1. The minimum Gasteiger partial charge on any atom is -0.338 e. The molecule has 0 saturated carbocycles. The second kappa shape index (κ2) is 7.22. The van der Waals surface area contributed by atoms with Gasteiger partial charge in [-0.05, 0) is 30.5 Å². The molecular formula is C17H16ClN5O2S. The van der Waals surface area contributed by atoms with Gasteiger partial charge in [0.05, 0.1) is 17.8 Å². The van der Waals surface area contributed by atoms with Crippen LogP contribution in [0.15, 0.2) is 38.7 Å². The van der Waals surface area contributed by atoms with Crippen molar-refractivity contribution in [2.75, 3.05) is 12.8 Å². The van der Waals surface area contributed by atoms with Crippen molar-refractivity contribution < 1.29 is 4.52 Å². The number of benzene rings is 1. The van der Waals surface area contributed by atoms with E-state index in [1.165, 1.54) is 11.8 Å². The van der Waals surface area contributed by atoms with Gasteiger partial charge in [0.25, 0.3) is 5.56 Å². The number of aromatic nitrogens is 4. The summed E-state index contributed by atoms with van der Waals surface area (Å²) in [5, 5.41) is 5.35. The van der Waals surface area contributed by atoms with Gasteiger partial charge in [-0.2, -0.15) is 4.98 Å². The van der Waals surface area contributed by atoms with Crippen LogP contribution in [0.25, 0.3) is 11.4 Å². The van der Waals surface area contributed by atoms with Crippen molar-refractivity contribution in [2.45, 2.75) is 24.7 Å². The van der Waals surface area contributed by atoms with Crippen molar-refractivity contribution in [1.82, 2.24) is 25.0 Å². The first-order valence-corrected chi connectivity index (χ1v) is 9.69. The normalized spacial score (nSPS) is 14.4. The maximum atomic E-state index is 12.3. The van der Waals surface area contributed by atoms with Crippen LogP contribution >= 0.6 is 23.4 Å². The largest absolute Gasteiger partial charge is 0.338 e. The summed E-state index contributed by atoms with van der Waals surface area (Å²) < 4.78 is 5.37. The molecular weight excluding hydrogens is 374 g/mol. The highest BCUT2D eigenvalue weighted by atomic mass is 35.5. The highest BCUT2D eigenvalue weighted by molar-refractivity contribution is 7.98. The van der Waals surface area contributed by atoms with E-state index in [1.54, 1.807) is 12.1 Å². The second-order valence-corrected chi connectivity index (χ2v) is 7.21. The van der Waals surface area contributed by atoms with Crippen LogP contribution in [0.5, 0.6) is 0 Å². The van der Waals surface area contributed by atoms with Gasteiger partial charge in [0.15, 0.2) is 5.16 Å². The molecule has 4 rings (SSSR count). The van der Waals surface area contributed by atoms with Gasteiger partial charge in [-0.3, -0.25) is 9.69 Å². The van der Waals surface area contributed by atoms with E-state index in [0.29, 0.717) is 40.5 Å². The van der Waals surface area contributed by atoms with Crippen molar-refractivity contribution in [3.8, 4) is 11.4 Å². The summed E-state index contributed by atoms with van der Waals surface area (Å²) in [5.41, 5.74) is 2.36. The van der Waals surface area contributed by atoms with Crippen molar-refractivity contribution in [3.05, 3.63) is 56.8 Å². The number of aromatic amines is 1. The van der Waals surface area contributed by atoms with E-state index in [4.69, 9.17) is 16.1 Å². The van der Waals surface area contributed by atoms with E-state index in [2.05, 4.69) is 25.0 Å². The first-order valence-electron chi connectivity index (χ1n) is 8.09. The van der Waals surface area contributed by atoms with E-state index >= 15 is 0 Å². The molecule has 1 N–H and O–H groups in total. The molecule has 3 aromatic rings. The van der Waals surface area contributed by atoms with Crippen LogP contribution in [0.2, 0.25) is 5.02 Å². The van der Waals surface area contributed by atoms with Crippen LogP contribution in [0.3, 0.4) is 0 Å². The topological polar surface area (TPSA) is 87.9 Å². The predicted molar refractivity (Wildman–Crippen MR) is 99.2 cm³/mol. The third-order valence-electron chi connectivity index (χ3n) is 4.25. The van der Waals surface area contributed by atoms with Crippen LogP contribution in [-0.2, 0) is 19.5 Å². The molecule has 1 aromatic carbocycles. The van der Waals surface area contributed by atoms with E-state index < -0.39 is 0 Å². The molecule has 2 aromatic heterocycles. The zero-order chi connectivity index (χ0) is 18.1. The molecule has 0 spiro atoms. The number of fused-ring (bicyclic) bond motifs is 1. The van der Waals surface area contributed by atoms with Gasteiger partial charge in [0.1, 0.15) is 0 Å². The van der Waals surface area contributed by atoms with Crippen LogP contribution in [0.4, 0.5) is 0 Å². The Hall–Kier alpha value is -2.16. The highest BCUT2D eigenvalue weighted by Crippen LogP contribution is 2.21. The number of thioether (sulfide) groups is 1. The number of nitrogens with zero attached hydrogens (tertiary/aromatic N) is 4. The molecule has 0 fully saturated rings. The summed E-state index contributed by atoms with van der Waals surface area (Å²) in [6.07, 6.45) is 2.62. The molecule has 3 heterocycles. The van der Waals surface area contributed by atoms with Gasteiger partial charge in [-0.1, -0.05) is 28.5 Å². The Bertz CT molecular complexity index is 986. The first kappa shape index (κ1) is 17.3. The number of hydrogen-bond acceptors (Lipinski definition) is 7. The van der Waals surface area contributed by atoms with Gasteiger partial charge in [-0.15, -0.1) is 0 Å². The molecule has 1 aliphatic heterocycles. The van der Waals surface area contributed by atoms with E-state index in [9.17, 15) is 4.79 Å². The standard InChI is InChI=1S/C17H16ClN5O2S/c1-26-17-19-13-6-7-23(8-12(13)16(24)21-17)9-14-20-15(22-25-14)10-2-4-11(18)5-3-10/h2-5H,6-9H2,1H3,(H,19,21,24). The summed E-state index contributed by atoms with van der Waals surface area (Å²) >= 11 is 7.34. The summed E-state index contributed by atoms with van der Waals surface area (Å²) in [6, 6.07) is 7.28. The molecule has 0 atom stereocenters. The Morgan fingerprint density at radius 3 is 2.88 bits per heavy atom. The Morgan fingerprint density at radius 1 is 1.31 bits per heavy atom. The lowest BCUT2D eigenvalue weighted by atomic mass is 10.1. The fourth-order valence-electron chi connectivity index (χ4n) is 2.92. The van der Waals surface area contributed by atoms with E-state index in [1.807, 2.05) is 18.4 Å². The zero-order valence-corrected chi connectivity index (χ0v) is 15.6. The zero-order valence-electron chi connectivity index (χ0n) is 14.0. The lowest BCUT2D eigenvalue weighted by Crippen LogP contribution is -2.35. The Morgan fingerprint density at radius 2 is 2.12 bits per heavy atom. The van der Waals surface area contributed by atoms with E-state index in [0.717, 1.165) is 24.2 Å². The minimum absolute atomic E-state index is 0.0727. The van der Waals surface area contributed by atoms with Crippen molar-refractivity contribution >= 4 is 23.4 Å². The third-order valence-corrected chi connectivity index (χ3v) is 5.08. The molecule has 0 radical (unpaired) electrons. The molecule has 26 heavy (non-hydrogen) atoms. The van der Waals surface area contributed by atoms with Crippen molar-refractivity contribution in [3.63, 3.8) is 0 Å². The monoisotopic (exact) mass is 389 g/mol. The average molecular weight is 390 g/mol. The van der Waals surface area contributed by atoms with Gasteiger partial charge in [-0.25, -0.2) is 4.98 Å². The smallest absolute Gasteiger partial charge is 0.256 e. The molecule has 0 unspecified atom stereocenters. The van der Waals surface area contributed by atoms with Crippen molar-refractivity contribution in [1.29, 1.82) is 0 Å². The Kier molecular flexibility index (Phi) is 4.80. The number of halogens is 1. The van der Waals surface area contributed by atoms with Crippen LogP contribution in [0, 0.1) is 0 Å². The van der Waals surface area contributed by atoms with Crippen LogP contribution < -0.4 is 5.56 Å². The maximum absolute atomic E-state index is 12.3. The maximum Gasteiger partial charge on any atom is 0.256 e. The molecule has 0 saturated heterocycles. The second-order valence-electron chi connectivity index (χ2n) is 5.98. The molecule has 0 bridgehead atoms. The average Bonchev–Trinajstić information content (AvgIpc) is 3.11. The summed E-state index contributed by atoms with van der Waals surface area (Å²) in [4.78, 5) is 26.1. The fourth-order valence-corrected chi connectivity index (χ4v) is 3.44.